The third-order valence-corrected chi connectivity index (χ3v) is 4.11. The summed E-state index contributed by atoms with van der Waals surface area (Å²) in [4.78, 5) is 23.4. The smallest absolute Gasteiger partial charge is 0.329 e. The van der Waals surface area contributed by atoms with Crippen molar-refractivity contribution in [2.75, 3.05) is 0 Å². The van der Waals surface area contributed by atoms with Gasteiger partial charge in [0.15, 0.2) is 5.69 Å². The van der Waals surface area contributed by atoms with Crippen LogP contribution in [0.1, 0.15) is 68.6 Å². The highest BCUT2D eigenvalue weighted by molar-refractivity contribution is 5.97. The summed E-state index contributed by atoms with van der Waals surface area (Å²) >= 11 is 0. The maximum Gasteiger partial charge on any atom is 0.329 e. The van der Waals surface area contributed by atoms with Crippen molar-refractivity contribution in [3.63, 3.8) is 0 Å². The number of aliphatic carboxylic acids is 1. The van der Waals surface area contributed by atoms with Gasteiger partial charge >= 0.3 is 5.97 Å². The number of carboxylic acids is 1. The lowest BCUT2D eigenvalue weighted by Crippen LogP contribution is -2.43. The first-order chi connectivity index (χ1) is 9.73. The van der Waals surface area contributed by atoms with E-state index in [1.54, 1.807) is 0 Å². The van der Waals surface area contributed by atoms with Crippen LogP contribution in [-0.4, -0.2) is 32.3 Å². The van der Waals surface area contributed by atoms with Crippen LogP contribution >= 0.6 is 0 Å². The molecule has 0 atom stereocenters. The molecule has 0 bridgehead atoms. The number of nitrogens with zero attached hydrogens (tertiary/aromatic N) is 2. The zero-order valence-corrected chi connectivity index (χ0v) is 12.6. The Morgan fingerprint density at radius 2 is 2.00 bits per heavy atom. The van der Waals surface area contributed by atoms with Crippen molar-refractivity contribution >= 4 is 11.9 Å². The van der Waals surface area contributed by atoms with Crippen molar-refractivity contribution in [3.8, 4) is 0 Å². The highest BCUT2D eigenvalue weighted by atomic mass is 16.4. The van der Waals surface area contributed by atoms with Crippen LogP contribution in [-0.2, 0) is 10.3 Å². The van der Waals surface area contributed by atoms with Gasteiger partial charge in [0.25, 0.3) is 5.91 Å². The molecule has 1 aromatic rings. The molecule has 6 heteroatoms. The van der Waals surface area contributed by atoms with Crippen LogP contribution in [0, 0.1) is 0 Å². The fourth-order valence-corrected chi connectivity index (χ4v) is 2.51. The van der Waals surface area contributed by atoms with E-state index in [2.05, 4.69) is 10.4 Å². The summed E-state index contributed by atoms with van der Waals surface area (Å²) in [5.74, 6) is -0.874. The van der Waals surface area contributed by atoms with Crippen LogP contribution in [0.3, 0.4) is 0 Å². The van der Waals surface area contributed by atoms with E-state index in [9.17, 15) is 9.59 Å². The number of carboxylic acid groups (broad SMARTS) is 1. The molecule has 2 saturated carbocycles. The largest absolute Gasteiger partial charge is 0.480 e. The number of nitrogens with one attached hydrogen (secondary N) is 1. The first-order valence-corrected chi connectivity index (χ1v) is 7.39. The molecule has 114 valence electrons. The molecule has 2 fully saturated rings. The van der Waals surface area contributed by atoms with Crippen LogP contribution in [0.5, 0.6) is 0 Å². The Balaban J connectivity index is 1.86. The van der Waals surface area contributed by atoms with Crippen molar-refractivity contribution in [1.29, 1.82) is 0 Å². The Labute approximate surface area is 123 Å². The van der Waals surface area contributed by atoms with Gasteiger partial charge in [-0.1, -0.05) is 0 Å². The molecule has 1 aromatic heterocycles. The van der Waals surface area contributed by atoms with Crippen LogP contribution in [0.25, 0.3) is 0 Å². The number of hydrogen-bond donors (Lipinski definition) is 2. The number of rotatable bonds is 4. The van der Waals surface area contributed by atoms with Gasteiger partial charge in [-0.15, -0.1) is 0 Å². The lowest BCUT2D eigenvalue weighted by atomic mass is 10.1. The van der Waals surface area contributed by atoms with Gasteiger partial charge in [0, 0.05) is 11.6 Å². The van der Waals surface area contributed by atoms with E-state index < -0.39 is 11.5 Å². The van der Waals surface area contributed by atoms with Gasteiger partial charge in [0.1, 0.15) is 5.54 Å². The predicted molar refractivity (Wildman–Crippen MR) is 76.3 cm³/mol. The summed E-state index contributed by atoms with van der Waals surface area (Å²) in [7, 11) is 0. The lowest BCUT2D eigenvalue weighted by Gasteiger charge is -2.22. The molecule has 21 heavy (non-hydrogen) atoms. The molecule has 0 radical (unpaired) electrons. The second-order valence-corrected chi connectivity index (χ2v) is 7.15. The summed E-state index contributed by atoms with van der Waals surface area (Å²) in [5.41, 5.74) is 0.134. The van der Waals surface area contributed by atoms with Gasteiger partial charge in [-0.2, -0.15) is 5.10 Å². The van der Waals surface area contributed by atoms with Gasteiger partial charge in [0.05, 0.1) is 5.54 Å². The van der Waals surface area contributed by atoms with E-state index >= 15 is 0 Å². The molecule has 6 nitrogen and oxygen atoms in total. The third-order valence-electron chi connectivity index (χ3n) is 4.11. The lowest BCUT2D eigenvalue weighted by molar-refractivity contribution is -0.140. The predicted octanol–water partition coefficient (Wildman–Crippen LogP) is 1.86. The van der Waals surface area contributed by atoms with Crippen LogP contribution < -0.4 is 5.32 Å². The number of hydrogen-bond acceptors (Lipinski definition) is 3. The molecule has 2 N–H and O–H groups in total. The minimum absolute atomic E-state index is 0.194. The fourth-order valence-electron chi connectivity index (χ4n) is 2.51. The Morgan fingerprint density at radius 3 is 2.43 bits per heavy atom. The summed E-state index contributed by atoms with van der Waals surface area (Å²) in [6, 6.07) is 1.82. The average Bonchev–Trinajstić information content (AvgIpc) is 3.28. The Bertz CT molecular complexity index is 604. The molecule has 0 unspecified atom stereocenters. The van der Waals surface area contributed by atoms with E-state index in [-0.39, 0.29) is 11.4 Å². The Kier molecular flexibility index (Phi) is 2.90. The van der Waals surface area contributed by atoms with Crippen molar-refractivity contribution < 1.29 is 14.7 Å². The van der Waals surface area contributed by atoms with Crippen LogP contribution in [0.4, 0.5) is 0 Å². The maximum atomic E-state index is 12.3. The van der Waals surface area contributed by atoms with Crippen molar-refractivity contribution in [2.24, 2.45) is 0 Å². The number of aromatic nitrogens is 2. The van der Waals surface area contributed by atoms with Gasteiger partial charge in [0.2, 0.25) is 0 Å². The van der Waals surface area contributed by atoms with Crippen molar-refractivity contribution in [3.05, 3.63) is 17.5 Å². The number of carbonyl (C=O) groups is 2. The van der Waals surface area contributed by atoms with E-state index in [4.69, 9.17) is 5.11 Å². The van der Waals surface area contributed by atoms with E-state index in [0.29, 0.717) is 24.5 Å². The van der Waals surface area contributed by atoms with E-state index in [1.165, 1.54) is 0 Å². The number of carbonyl (C=O) groups excluding carboxylic acids is 1. The minimum Gasteiger partial charge on any atom is -0.480 e. The monoisotopic (exact) mass is 291 g/mol. The Morgan fingerprint density at radius 1 is 1.38 bits per heavy atom. The molecule has 0 saturated heterocycles. The molecule has 1 heterocycles. The van der Waals surface area contributed by atoms with Gasteiger partial charge < -0.3 is 10.4 Å². The van der Waals surface area contributed by atoms with Crippen LogP contribution in [0.2, 0.25) is 0 Å². The molecule has 1 amide bonds. The highest BCUT2D eigenvalue weighted by Crippen LogP contribution is 2.42. The van der Waals surface area contributed by atoms with E-state index in [0.717, 1.165) is 18.5 Å². The summed E-state index contributed by atoms with van der Waals surface area (Å²) in [5, 5.41) is 16.2. The molecule has 3 rings (SSSR count). The summed E-state index contributed by atoms with van der Waals surface area (Å²) < 4.78 is 1.90. The number of amides is 1. The quantitative estimate of drug-likeness (QED) is 0.887. The average molecular weight is 291 g/mol. The molecule has 2 aliphatic rings. The molecule has 0 aromatic carbocycles. The molecule has 0 aliphatic heterocycles. The second kappa shape index (κ2) is 4.32. The van der Waals surface area contributed by atoms with Crippen molar-refractivity contribution in [2.45, 2.75) is 63.5 Å². The van der Waals surface area contributed by atoms with Crippen molar-refractivity contribution in [1.82, 2.24) is 15.1 Å². The molecule has 2 aliphatic carbocycles. The summed E-state index contributed by atoms with van der Waals surface area (Å²) in [6.45, 7) is 6.15. The van der Waals surface area contributed by atoms with E-state index in [1.807, 2.05) is 31.5 Å². The highest BCUT2D eigenvalue weighted by Gasteiger charge is 2.52. The second-order valence-electron chi connectivity index (χ2n) is 7.15. The molecular weight excluding hydrogens is 270 g/mol. The van der Waals surface area contributed by atoms with Gasteiger partial charge in [-0.3, -0.25) is 9.48 Å². The fraction of sp³-hybridized carbons (Fsp3) is 0.667. The first kappa shape index (κ1) is 14.1. The zero-order valence-electron chi connectivity index (χ0n) is 12.6. The molecule has 0 spiro atoms. The third kappa shape index (κ3) is 2.54. The van der Waals surface area contributed by atoms with Gasteiger partial charge in [-0.05, 0) is 52.5 Å². The SMILES string of the molecule is CC(C)(C)n1nc(C(=O)NC2(C(=O)O)CC2)cc1C1CC1. The topological polar surface area (TPSA) is 84.2 Å². The standard InChI is InChI=1S/C15H21N3O3/c1-14(2,3)18-11(9-4-5-9)8-10(17-18)12(19)16-15(6-7-15)13(20)21/h8-9H,4-7H2,1-3H3,(H,16,19)(H,20,21). The van der Waals surface area contributed by atoms with Crippen LogP contribution in [0.15, 0.2) is 6.07 Å². The Hall–Kier alpha value is -1.85. The molecular formula is C15H21N3O3. The minimum atomic E-state index is -1.07. The zero-order chi connectivity index (χ0) is 15.4. The first-order valence-electron chi connectivity index (χ1n) is 7.39. The summed E-state index contributed by atoms with van der Waals surface area (Å²) in [6.07, 6.45) is 3.23. The maximum absolute atomic E-state index is 12.3. The normalized spacial score (nSPS) is 20.1. The van der Waals surface area contributed by atoms with Gasteiger partial charge in [-0.25, -0.2) is 4.79 Å².